The highest BCUT2D eigenvalue weighted by Crippen LogP contribution is 2.18. The number of halogens is 1. The highest BCUT2D eigenvalue weighted by atomic mass is 19.1. The van der Waals surface area contributed by atoms with Crippen molar-refractivity contribution in [3.05, 3.63) is 65.5 Å². The second kappa shape index (κ2) is 7.45. The molecule has 5 heteroatoms. The van der Waals surface area contributed by atoms with E-state index in [-0.39, 0.29) is 11.7 Å². The van der Waals surface area contributed by atoms with Crippen LogP contribution < -0.4 is 9.64 Å². The first-order valence-corrected chi connectivity index (χ1v) is 8.17. The van der Waals surface area contributed by atoms with Crippen LogP contribution in [0.3, 0.4) is 0 Å². The Bertz CT molecular complexity index is 698. The van der Waals surface area contributed by atoms with Gasteiger partial charge in [-0.25, -0.2) is 4.39 Å². The minimum Gasteiger partial charge on any atom is -0.496 e. The summed E-state index contributed by atoms with van der Waals surface area (Å²) in [6.07, 6.45) is 0. The summed E-state index contributed by atoms with van der Waals surface area (Å²) < 4.78 is 18.8. The molecule has 0 saturated carbocycles. The van der Waals surface area contributed by atoms with E-state index >= 15 is 0 Å². The van der Waals surface area contributed by atoms with Gasteiger partial charge in [0, 0.05) is 5.56 Å². The number of piperazine rings is 1. The summed E-state index contributed by atoms with van der Waals surface area (Å²) in [6.45, 7) is 3.81. The first-order valence-electron chi connectivity index (χ1n) is 8.17. The van der Waals surface area contributed by atoms with Crippen LogP contribution in [-0.4, -0.2) is 44.1 Å². The molecule has 126 valence electrons. The fraction of sp³-hybridized carbons (Fsp3) is 0.316. The number of hydrogen-bond donors (Lipinski definition) is 1. The number of amides is 1. The van der Waals surface area contributed by atoms with Gasteiger partial charge in [0.15, 0.2) is 0 Å². The maximum absolute atomic E-state index is 13.5. The Morgan fingerprint density at radius 1 is 1.17 bits per heavy atom. The molecule has 1 amide bonds. The predicted molar refractivity (Wildman–Crippen MR) is 89.7 cm³/mol. The van der Waals surface area contributed by atoms with E-state index in [4.69, 9.17) is 4.74 Å². The van der Waals surface area contributed by atoms with Gasteiger partial charge in [-0.1, -0.05) is 18.2 Å². The molecular formula is C19H22FN2O2+. The molecule has 1 heterocycles. The maximum atomic E-state index is 13.5. The zero-order valence-electron chi connectivity index (χ0n) is 13.8. The van der Waals surface area contributed by atoms with Crippen molar-refractivity contribution >= 4 is 5.91 Å². The van der Waals surface area contributed by atoms with E-state index in [1.807, 2.05) is 35.2 Å². The van der Waals surface area contributed by atoms with E-state index in [2.05, 4.69) is 0 Å². The monoisotopic (exact) mass is 329 g/mol. The second-order valence-corrected chi connectivity index (χ2v) is 6.04. The third-order valence-corrected chi connectivity index (χ3v) is 4.46. The molecule has 24 heavy (non-hydrogen) atoms. The number of carbonyl (C=O) groups excluding carboxylic acids is 1. The number of ether oxygens (including phenoxy) is 1. The van der Waals surface area contributed by atoms with E-state index in [0.29, 0.717) is 25.4 Å². The minimum absolute atomic E-state index is 0.0815. The van der Waals surface area contributed by atoms with Crippen molar-refractivity contribution < 1.29 is 18.8 Å². The zero-order chi connectivity index (χ0) is 16.9. The lowest BCUT2D eigenvalue weighted by molar-refractivity contribution is -0.917. The number of rotatable bonds is 4. The first kappa shape index (κ1) is 16.5. The Balaban J connectivity index is 1.60. The van der Waals surface area contributed by atoms with Crippen molar-refractivity contribution in [2.24, 2.45) is 0 Å². The van der Waals surface area contributed by atoms with Crippen LogP contribution in [0.1, 0.15) is 15.9 Å². The molecule has 4 nitrogen and oxygen atoms in total. The Labute approximate surface area is 141 Å². The smallest absolute Gasteiger partial charge is 0.254 e. The average Bonchev–Trinajstić information content (AvgIpc) is 2.63. The van der Waals surface area contributed by atoms with E-state index in [1.165, 1.54) is 17.0 Å². The summed E-state index contributed by atoms with van der Waals surface area (Å²) in [6, 6.07) is 14.0. The molecule has 0 bridgehead atoms. The highest BCUT2D eigenvalue weighted by molar-refractivity contribution is 5.94. The topological polar surface area (TPSA) is 34.0 Å². The maximum Gasteiger partial charge on any atom is 0.254 e. The predicted octanol–water partition coefficient (Wildman–Crippen LogP) is 1.38. The normalized spacial score (nSPS) is 15.3. The van der Waals surface area contributed by atoms with Gasteiger partial charge in [0.05, 0.1) is 38.9 Å². The van der Waals surface area contributed by atoms with E-state index < -0.39 is 0 Å². The first-order chi connectivity index (χ1) is 11.7. The standard InChI is InChI=1S/C19H21FN2O2/c1-24-18-8-7-17(20)13-16(18)14-21-9-11-22(12-10-21)19(23)15-5-3-2-4-6-15/h2-8,13H,9-12,14H2,1H3/p+1. The molecule has 1 aliphatic rings. The summed E-state index contributed by atoms with van der Waals surface area (Å²) in [7, 11) is 1.60. The fourth-order valence-corrected chi connectivity index (χ4v) is 3.12. The molecule has 2 aromatic rings. The SMILES string of the molecule is COc1ccc(F)cc1C[NH+]1CCN(C(=O)c2ccccc2)CC1. The number of carbonyl (C=O) groups is 1. The van der Waals surface area contributed by atoms with Gasteiger partial charge in [0.1, 0.15) is 18.1 Å². The fourth-order valence-electron chi connectivity index (χ4n) is 3.12. The van der Waals surface area contributed by atoms with Crippen molar-refractivity contribution in [1.29, 1.82) is 0 Å². The molecule has 1 fully saturated rings. The van der Waals surface area contributed by atoms with Gasteiger partial charge in [-0.3, -0.25) is 4.79 Å². The molecule has 0 unspecified atom stereocenters. The summed E-state index contributed by atoms with van der Waals surface area (Å²) in [5.74, 6) is 0.549. The minimum atomic E-state index is -0.247. The van der Waals surface area contributed by atoms with Crippen LogP contribution in [0.15, 0.2) is 48.5 Å². The van der Waals surface area contributed by atoms with Gasteiger partial charge >= 0.3 is 0 Å². The summed E-state index contributed by atoms with van der Waals surface area (Å²) >= 11 is 0. The number of nitrogens with zero attached hydrogens (tertiary/aromatic N) is 1. The van der Waals surface area contributed by atoms with Gasteiger partial charge in [-0.15, -0.1) is 0 Å². The Morgan fingerprint density at radius 3 is 2.54 bits per heavy atom. The van der Waals surface area contributed by atoms with Crippen LogP contribution >= 0.6 is 0 Å². The van der Waals surface area contributed by atoms with Gasteiger partial charge in [0.2, 0.25) is 0 Å². The molecule has 0 aromatic heterocycles. The molecular weight excluding hydrogens is 307 g/mol. The van der Waals surface area contributed by atoms with Crippen LogP contribution in [0.2, 0.25) is 0 Å². The molecule has 1 aliphatic heterocycles. The van der Waals surface area contributed by atoms with Gasteiger partial charge in [-0.2, -0.15) is 0 Å². The zero-order valence-corrected chi connectivity index (χ0v) is 13.8. The van der Waals surface area contributed by atoms with Crippen molar-refractivity contribution in [3.63, 3.8) is 0 Å². The van der Waals surface area contributed by atoms with Gasteiger partial charge in [0.25, 0.3) is 5.91 Å². The Morgan fingerprint density at radius 2 is 1.88 bits per heavy atom. The van der Waals surface area contributed by atoms with E-state index in [9.17, 15) is 9.18 Å². The third-order valence-electron chi connectivity index (χ3n) is 4.46. The van der Waals surface area contributed by atoms with Crippen LogP contribution in [0.4, 0.5) is 4.39 Å². The highest BCUT2D eigenvalue weighted by Gasteiger charge is 2.25. The van der Waals surface area contributed by atoms with Crippen molar-refractivity contribution in [2.75, 3.05) is 33.3 Å². The lowest BCUT2D eigenvalue weighted by Crippen LogP contribution is -3.13. The quantitative estimate of drug-likeness (QED) is 0.919. The molecule has 0 atom stereocenters. The van der Waals surface area contributed by atoms with E-state index in [0.717, 1.165) is 24.2 Å². The summed E-state index contributed by atoms with van der Waals surface area (Å²) in [5.41, 5.74) is 1.60. The number of quaternary nitrogens is 1. The summed E-state index contributed by atoms with van der Waals surface area (Å²) in [4.78, 5) is 15.7. The third kappa shape index (κ3) is 3.74. The number of benzene rings is 2. The molecule has 3 rings (SSSR count). The number of methoxy groups -OCH3 is 1. The molecule has 0 radical (unpaired) electrons. The van der Waals surface area contributed by atoms with Crippen LogP contribution in [-0.2, 0) is 6.54 Å². The number of nitrogens with one attached hydrogen (secondary N) is 1. The number of hydrogen-bond acceptors (Lipinski definition) is 2. The largest absolute Gasteiger partial charge is 0.496 e. The van der Waals surface area contributed by atoms with Gasteiger partial charge < -0.3 is 14.5 Å². The Kier molecular flexibility index (Phi) is 5.11. The molecule has 0 aliphatic carbocycles. The van der Waals surface area contributed by atoms with Gasteiger partial charge in [-0.05, 0) is 30.3 Å². The Hall–Kier alpha value is -2.40. The molecule has 1 N–H and O–H groups in total. The second-order valence-electron chi connectivity index (χ2n) is 6.04. The molecule has 2 aromatic carbocycles. The summed E-state index contributed by atoms with van der Waals surface area (Å²) in [5, 5.41) is 0. The van der Waals surface area contributed by atoms with Crippen LogP contribution in [0.5, 0.6) is 5.75 Å². The van der Waals surface area contributed by atoms with Crippen LogP contribution in [0.25, 0.3) is 0 Å². The molecule has 0 spiro atoms. The average molecular weight is 329 g/mol. The lowest BCUT2D eigenvalue weighted by atomic mass is 10.1. The van der Waals surface area contributed by atoms with Crippen molar-refractivity contribution in [1.82, 2.24) is 4.90 Å². The van der Waals surface area contributed by atoms with Crippen LogP contribution in [0, 0.1) is 5.82 Å². The van der Waals surface area contributed by atoms with Crippen molar-refractivity contribution in [3.8, 4) is 5.75 Å². The van der Waals surface area contributed by atoms with E-state index in [1.54, 1.807) is 13.2 Å². The lowest BCUT2D eigenvalue weighted by Gasteiger charge is -2.32. The van der Waals surface area contributed by atoms with Crippen molar-refractivity contribution in [2.45, 2.75) is 6.54 Å². The molecule has 1 saturated heterocycles.